The summed E-state index contributed by atoms with van der Waals surface area (Å²) in [4.78, 5) is 0. The van der Waals surface area contributed by atoms with Crippen molar-refractivity contribution in [1.29, 1.82) is 0 Å². The summed E-state index contributed by atoms with van der Waals surface area (Å²) in [5, 5.41) is 0. The quantitative estimate of drug-likeness (QED) is 0.154. The van der Waals surface area contributed by atoms with Crippen molar-refractivity contribution >= 4 is 18.4 Å². The van der Waals surface area contributed by atoms with Gasteiger partial charge in [-0.2, -0.15) is 0 Å². The summed E-state index contributed by atoms with van der Waals surface area (Å²) in [5.74, 6) is 1.01. The molecule has 0 N–H and O–H groups in total. The van der Waals surface area contributed by atoms with Gasteiger partial charge in [-0.25, -0.2) is 0 Å². The van der Waals surface area contributed by atoms with E-state index in [9.17, 15) is 0 Å². The van der Waals surface area contributed by atoms with Crippen LogP contribution in [0.15, 0.2) is 12.2 Å². The first-order valence-electron chi connectivity index (χ1n) is 10.4. The first-order chi connectivity index (χ1) is 10.7. The van der Waals surface area contributed by atoms with Crippen LogP contribution in [0.2, 0.25) is 17.2 Å². The van der Waals surface area contributed by atoms with Gasteiger partial charge in [-0.15, -0.1) is 0 Å². The topological polar surface area (TPSA) is 0 Å². The summed E-state index contributed by atoms with van der Waals surface area (Å²) in [7, 11) is 0. The summed E-state index contributed by atoms with van der Waals surface area (Å²) >= 11 is -1.87. The summed E-state index contributed by atoms with van der Waals surface area (Å²) in [6, 6.07) is 0. The molecule has 0 amide bonds. The van der Waals surface area contributed by atoms with Crippen molar-refractivity contribution in [3.63, 3.8) is 0 Å². The van der Waals surface area contributed by atoms with Gasteiger partial charge in [0.2, 0.25) is 0 Å². The Balaban J connectivity index is 2.64. The molecule has 130 valence electrons. The second kappa shape index (κ2) is 12.0. The van der Waals surface area contributed by atoms with Gasteiger partial charge in [-0.3, -0.25) is 0 Å². The van der Waals surface area contributed by atoms with E-state index >= 15 is 0 Å². The van der Waals surface area contributed by atoms with E-state index in [-0.39, 0.29) is 0 Å². The zero-order valence-corrected chi connectivity index (χ0v) is 18.9. The third-order valence-corrected chi connectivity index (χ3v) is 23.8. The van der Waals surface area contributed by atoms with Crippen molar-refractivity contribution in [3.05, 3.63) is 12.2 Å². The van der Waals surface area contributed by atoms with Gasteiger partial charge >= 0.3 is 146 Å². The molecule has 0 nitrogen and oxygen atoms in total. The van der Waals surface area contributed by atoms with E-state index in [0.29, 0.717) is 0 Å². The van der Waals surface area contributed by atoms with Gasteiger partial charge < -0.3 is 0 Å². The molecule has 0 aromatic heterocycles. The van der Waals surface area contributed by atoms with E-state index in [4.69, 9.17) is 0 Å². The molecule has 0 radical (unpaired) electrons. The van der Waals surface area contributed by atoms with Gasteiger partial charge in [0.25, 0.3) is 0 Å². The molecule has 0 bridgehead atoms. The molecule has 1 saturated carbocycles. The SMILES string of the molecule is CCCC/C=C/[C@H]1C[C@@H]1[Sn]([CH2]CCC)([CH2]CCC)[CH2]CCC. The van der Waals surface area contributed by atoms with Crippen molar-refractivity contribution in [2.24, 2.45) is 5.92 Å². The second-order valence-electron chi connectivity index (χ2n) is 7.75. The van der Waals surface area contributed by atoms with E-state index in [0.717, 1.165) is 5.92 Å². The van der Waals surface area contributed by atoms with Crippen LogP contribution < -0.4 is 0 Å². The Kier molecular flexibility index (Phi) is 11.2. The Bertz CT molecular complexity index is 273. The van der Waals surface area contributed by atoms with Crippen LogP contribution in [0.3, 0.4) is 0 Å². The van der Waals surface area contributed by atoms with Gasteiger partial charge in [-0.05, 0) is 0 Å². The number of allylic oxidation sites excluding steroid dienone is 2. The molecule has 1 aliphatic carbocycles. The Labute approximate surface area is 145 Å². The maximum atomic E-state index is 2.63. The molecular weight excluding hydrogens is 371 g/mol. The molecule has 0 heterocycles. The van der Waals surface area contributed by atoms with E-state index in [1.54, 1.807) is 19.7 Å². The van der Waals surface area contributed by atoms with Crippen molar-refractivity contribution in [2.45, 2.75) is 109 Å². The van der Waals surface area contributed by atoms with Crippen LogP contribution in [0.25, 0.3) is 0 Å². The van der Waals surface area contributed by atoms with E-state index in [1.165, 1.54) is 61.7 Å². The van der Waals surface area contributed by atoms with Crippen LogP contribution in [0.4, 0.5) is 0 Å². The van der Waals surface area contributed by atoms with Gasteiger partial charge in [-0.1, -0.05) is 0 Å². The van der Waals surface area contributed by atoms with E-state index in [1.807, 2.05) is 0 Å². The molecule has 2 atom stereocenters. The Hall–Kier alpha value is 0.539. The summed E-state index contributed by atoms with van der Waals surface area (Å²) in [5.41, 5.74) is 0. The Morgan fingerprint density at radius 1 is 0.773 bits per heavy atom. The van der Waals surface area contributed by atoms with Crippen molar-refractivity contribution < 1.29 is 0 Å². The molecule has 22 heavy (non-hydrogen) atoms. The predicted molar refractivity (Wildman–Crippen MR) is 105 cm³/mol. The molecule has 1 rings (SSSR count). The average Bonchev–Trinajstić information content (AvgIpc) is 3.31. The molecular formula is C21H42Sn. The van der Waals surface area contributed by atoms with Gasteiger partial charge in [0.1, 0.15) is 0 Å². The Morgan fingerprint density at radius 3 is 1.73 bits per heavy atom. The molecule has 1 heteroatoms. The molecule has 0 unspecified atom stereocenters. The molecule has 0 spiro atoms. The fourth-order valence-corrected chi connectivity index (χ4v) is 23.7. The van der Waals surface area contributed by atoms with Crippen LogP contribution in [0.5, 0.6) is 0 Å². The monoisotopic (exact) mass is 414 g/mol. The van der Waals surface area contributed by atoms with E-state index < -0.39 is 18.4 Å². The summed E-state index contributed by atoms with van der Waals surface area (Å²) in [6.45, 7) is 9.48. The zero-order chi connectivity index (χ0) is 16.3. The maximum absolute atomic E-state index is 2.63. The van der Waals surface area contributed by atoms with E-state index in [2.05, 4.69) is 39.8 Å². The van der Waals surface area contributed by atoms with Gasteiger partial charge in [0.05, 0.1) is 0 Å². The number of rotatable bonds is 14. The second-order valence-corrected chi connectivity index (χ2v) is 21.9. The minimum atomic E-state index is -1.87. The third kappa shape index (κ3) is 6.97. The molecule has 0 saturated heterocycles. The fourth-order valence-electron chi connectivity index (χ4n) is 4.24. The number of hydrogen-bond donors (Lipinski definition) is 0. The third-order valence-electron chi connectivity index (χ3n) is 5.82. The number of unbranched alkanes of at least 4 members (excludes halogenated alkanes) is 5. The minimum absolute atomic E-state index is 1.01. The molecule has 1 aliphatic rings. The van der Waals surface area contributed by atoms with Crippen molar-refractivity contribution in [3.8, 4) is 0 Å². The summed E-state index contributed by atoms with van der Waals surface area (Å²) < 4.78 is 6.33. The molecule has 0 aromatic rings. The van der Waals surface area contributed by atoms with Crippen LogP contribution in [0, 0.1) is 5.92 Å². The van der Waals surface area contributed by atoms with Crippen molar-refractivity contribution in [1.82, 2.24) is 0 Å². The van der Waals surface area contributed by atoms with Crippen LogP contribution in [-0.2, 0) is 0 Å². The first-order valence-corrected chi connectivity index (χ1v) is 18.1. The molecule has 1 fully saturated rings. The number of hydrogen-bond acceptors (Lipinski definition) is 0. The van der Waals surface area contributed by atoms with Gasteiger partial charge in [0, 0.05) is 0 Å². The zero-order valence-electron chi connectivity index (χ0n) is 16.0. The fraction of sp³-hybridized carbons (Fsp3) is 0.905. The average molecular weight is 413 g/mol. The van der Waals surface area contributed by atoms with Crippen LogP contribution in [0.1, 0.15) is 91.9 Å². The standard InChI is InChI=1S/C9H15.3C4H9.Sn/c1-2-3-4-5-6-9-7-8-9;3*1-3-4-2;/h5-7,9H,2-4,8H2,1H3;3*1,3-4H2,2H3;/b6-5+;;;;/t9-;;;;/m1..../s1. The van der Waals surface area contributed by atoms with Crippen molar-refractivity contribution in [2.75, 3.05) is 0 Å². The Morgan fingerprint density at radius 2 is 1.27 bits per heavy atom. The first kappa shape index (κ1) is 20.6. The molecule has 0 aromatic carbocycles. The summed E-state index contributed by atoms with van der Waals surface area (Å²) in [6.07, 6.45) is 19.6. The normalized spacial score (nSPS) is 21.6. The van der Waals surface area contributed by atoms with Crippen LogP contribution >= 0.6 is 0 Å². The predicted octanol–water partition coefficient (Wildman–Crippen LogP) is 7.97. The van der Waals surface area contributed by atoms with Crippen LogP contribution in [-0.4, -0.2) is 18.4 Å². The van der Waals surface area contributed by atoms with Gasteiger partial charge in [0.15, 0.2) is 0 Å². The molecule has 0 aliphatic heterocycles.